The molecule has 1 aromatic heterocycles. The molecule has 2 aliphatic rings. The van der Waals surface area contributed by atoms with E-state index in [4.69, 9.17) is 4.74 Å². The Kier molecular flexibility index (Phi) is 7.62. The van der Waals surface area contributed by atoms with Gasteiger partial charge in [0.2, 0.25) is 0 Å². The second-order valence-electron chi connectivity index (χ2n) is 9.38. The van der Waals surface area contributed by atoms with Crippen molar-refractivity contribution in [1.82, 2.24) is 14.8 Å². The molecule has 182 valence electrons. The average Bonchev–Trinajstić information content (AvgIpc) is 3.11. The molecule has 3 heterocycles. The summed E-state index contributed by atoms with van der Waals surface area (Å²) in [7, 11) is 0. The number of halogens is 2. The van der Waals surface area contributed by atoms with E-state index in [1.807, 2.05) is 12.3 Å². The predicted octanol–water partition coefficient (Wildman–Crippen LogP) is 5.33. The van der Waals surface area contributed by atoms with Gasteiger partial charge in [0.15, 0.2) is 0 Å². The maximum Gasteiger partial charge on any atom is 0.123 e. The smallest absolute Gasteiger partial charge is 0.123 e. The first-order valence-corrected chi connectivity index (χ1v) is 12.3. The third-order valence-corrected chi connectivity index (χ3v) is 7.06. The Morgan fingerprint density at radius 2 is 1.54 bits per heavy atom. The van der Waals surface area contributed by atoms with E-state index in [2.05, 4.69) is 33.0 Å². The first kappa shape index (κ1) is 23.8. The van der Waals surface area contributed by atoms with Crippen molar-refractivity contribution in [2.75, 3.05) is 32.8 Å². The maximum absolute atomic E-state index is 13.5. The van der Waals surface area contributed by atoms with Crippen molar-refractivity contribution in [3.05, 3.63) is 107 Å². The van der Waals surface area contributed by atoms with Gasteiger partial charge in [0.25, 0.3) is 0 Å². The van der Waals surface area contributed by atoms with Gasteiger partial charge in [-0.3, -0.25) is 14.8 Å². The molecule has 4 nitrogen and oxygen atoms in total. The summed E-state index contributed by atoms with van der Waals surface area (Å²) in [6.45, 7) is 4.44. The number of hydrogen-bond donors (Lipinski definition) is 0. The van der Waals surface area contributed by atoms with Crippen molar-refractivity contribution in [2.24, 2.45) is 0 Å². The molecule has 35 heavy (non-hydrogen) atoms. The van der Waals surface area contributed by atoms with E-state index < -0.39 is 0 Å². The van der Waals surface area contributed by atoms with Crippen LogP contribution in [0.2, 0.25) is 0 Å². The van der Waals surface area contributed by atoms with Crippen LogP contribution < -0.4 is 0 Å². The fourth-order valence-electron chi connectivity index (χ4n) is 5.30. The van der Waals surface area contributed by atoms with Crippen molar-refractivity contribution in [1.29, 1.82) is 0 Å². The molecule has 2 fully saturated rings. The zero-order valence-electron chi connectivity index (χ0n) is 19.8. The first-order valence-electron chi connectivity index (χ1n) is 12.3. The minimum atomic E-state index is -0.355. The number of piperazine rings is 1. The van der Waals surface area contributed by atoms with Gasteiger partial charge in [0.05, 0.1) is 6.61 Å². The molecule has 0 saturated carbocycles. The van der Waals surface area contributed by atoms with Crippen molar-refractivity contribution in [2.45, 2.75) is 31.0 Å². The lowest BCUT2D eigenvalue weighted by molar-refractivity contribution is 0.0276. The van der Waals surface area contributed by atoms with Gasteiger partial charge in [-0.1, -0.05) is 42.5 Å². The van der Waals surface area contributed by atoms with Crippen molar-refractivity contribution < 1.29 is 13.5 Å². The number of rotatable bonds is 9. The van der Waals surface area contributed by atoms with E-state index in [0.717, 1.165) is 42.9 Å². The normalized spacial score (nSPS) is 20.8. The summed E-state index contributed by atoms with van der Waals surface area (Å²) in [6, 6.07) is 17.9. The van der Waals surface area contributed by atoms with E-state index in [1.165, 1.54) is 37.1 Å². The molecule has 5 rings (SSSR count). The zero-order chi connectivity index (χ0) is 24.0. The quantitative estimate of drug-likeness (QED) is 0.418. The Bertz CT molecular complexity index is 1050. The number of nitrogens with zero attached hydrogens (tertiary/aromatic N) is 3. The summed E-state index contributed by atoms with van der Waals surface area (Å²) >= 11 is 0. The van der Waals surface area contributed by atoms with Gasteiger partial charge in [0, 0.05) is 50.7 Å². The van der Waals surface area contributed by atoms with E-state index >= 15 is 0 Å². The largest absolute Gasteiger partial charge is 0.367 e. The number of aromatic nitrogens is 1. The fraction of sp³-hybridized carbons (Fsp3) is 0.345. The molecule has 0 aliphatic carbocycles. The Hall–Kier alpha value is -2.93. The number of benzene rings is 2. The first-order chi connectivity index (χ1) is 17.2. The Morgan fingerprint density at radius 1 is 0.914 bits per heavy atom. The lowest BCUT2D eigenvalue weighted by Crippen LogP contribution is -2.54. The highest BCUT2D eigenvalue weighted by atomic mass is 19.1. The van der Waals surface area contributed by atoms with Crippen LogP contribution in [0.15, 0.2) is 79.1 Å². The van der Waals surface area contributed by atoms with Gasteiger partial charge >= 0.3 is 0 Å². The van der Waals surface area contributed by atoms with Crippen LogP contribution >= 0.6 is 0 Å². The second-order valence-corrected chi connectivity index (χ2v) is 9.38. The Labute approximate surface area is 205 Å². The highest BCUT2D eigenvalue weighted by molar-refractivity contribution is 5.47. The molecule has 2 saturated heterocycles. The summed E-state index contributed by atoms with van der Waals surface area (Å²) in [5.41, 5.74) is 2.86. The van der Waals surface area contributed by atoms with Crippen molar-refractivity contribution in [3.8, 4) is 0 Å². The standard InChI is InChI=1S/C29H31F2N3O/c30-25-9-5-23(6-10-25)29(24-7-11-26(31)12-8-24)35-18-17-33-20-27-13-14-28(21-33)34(27)16-2-4-22-3-1-15-32-19-22/h1-12,15,19,27-29H,13-14,16-18,20-21H2. The molecule has 0 radical (unpaired) electrons. The second kappa shape index (κ2) is 11.2. The fourth-order valence-corrected chi connectivity index (χ4v) is 5.30. The lowest BCUT2D eigenvalue weighted by Gasteiger charge is -2.40. The molecule has 6 heteroatoms. The minimum Gasteiger partial charge on any atom is -0.367 e. The van der Waals surface area contributed by atoms with Crippen LogP contribution in [0.1, 0.15) is 35.6 Å². The zero-order valence-corrected chi connectivity index (χ0v) is 19.8. The molecular formula is C29H31F2N3O. The van der Waals surface area contributed by atoms with Gasteiger partial charge in [-0.15, -0.1) is 0 Å². The number of pyridine rings is 1. The number of fused-ring (bicyclic) bond motifs is 2. The molecule has 2 bridgehead atoms. The SMILES string of the molecule is Fc1ccc(C(OCCN2CC3CCC(C2)N3CC=Cc2cccnc2)c2ccc(F)cc2)cc1. The van der Waals surface area contributed by atoms with Gasteiger partial charge in [0.1, 0.15) is 17.7 Å². The van der Waals surface area contributed by atoms with E-state index in [9.17, 15) is 8.78 Å². The molecule has 2 aliphatic heterocycles. The molecule has 2 aromatic carbocycles. The lowest BCUT2D eigenvalue weighted by atomic mass is 10.0. The van der Waals surface area contributed by atoms with Crippen LogP contribution in [0.5, 0.6) is 0 Å². The van der Waals surface area contributed by atoms with Crippen LogP contribution in [0, 0.1) is 11.6 Å². The predicted molar refractivity (Wildman–Crippen MR) is 134 cm³/mol. The Morgan fingerprint density at radius 3 is 2.11 bits per heavy atom. The summed E-state index contributed by atoms with van der Waals surface area (Å²) < 4.78 is 33.2. The van der Waals surface area contributed by atoms with Crippen molar-refractivity contribution >= 4 is 6.08 Å². The number of hydrogen-bond acceptors (Lipinski definition) is 4. The summed E-state index contributed by atoms with van der Waals surface area (Å²) in [6.07, 6.45) is 10.2. The molecule has 0 N–H and O–H groups in total. The number of ether oxygens (including phenoxy) is 1. The van der Waals surface area contributed by atoms with Crippen LogP contribution in [0.4, 0.5) is 8.78 Å². The third-order valence-electron chi connectivity index (χ3n) is 7.06. The van der Waals surface area contributed by atoms with Gasteiger partial charge in [-0.2, -0.15) is 0 Å². The molecule has 0 spiro atoms. The van der Waals surface area contributed by atoms with Crippen LogP contribution in [-0.4, -0.2) is 59.7 Å². The van der Waals surface area contributed by atoms with Crippen LogP contribution in [-0.2, 0) is 4.74 Å². The van der Waals surface area contributed by atoms with Gasteiger partial charge in [-0.05, 0) is 59.9 Å². The molecule has 2 atom stereocenters. The van der Waals surface area contributed by atoms with E-state index in [1.54, 1.807) is 30.5 Å². The number of likely N-dealkylation sites (tertiary alicyclic amines) is 1. The van der Waals surface area contributed by atoms with E-state index in [-0.39, 0.29) is 17.7 Å². The topological polar surface area (TPSA) is 28.6 Å². The van der Waals surface area contributed by atoms with Crippen LogP contribution in [0.3, 0.4) is 0 Å². The molecule has 0 amide bonds. The Balaban J connectivity index is 1.16. The van der Waals surface area contributed by atoms with Gasteiger partial charge in [-0.25, -0.2) is 8.78 Å². The highest BCUT2D eigenvalue weighted by Gasteiger charge is 2.38. The molecular weight excluding hydrogens is 444 g/mol. The summed E-state index contributed by atoms with van der Waals surface area (Å²) in [5, 5.41) is 0. The third kappa shape index (κ3) is 6.01. The minimum absolute atomic E-state index is 0.282. The maximum atomic E-state index is 13.5. The highest BCUT2D eigenvalue weighted by Crippen LogP contribution is 2.31. The summed E-state index contributed by atoms with van der Waals surface area (Å²) in [5.74, 6) is -0.564. The summed E-state index contributed by atoms with van der Waals surface area (Å²) in [4.78, 5) is 9.30. The van der Waals surface area contributed by atoms with Crippen molar-refractivity contribution in [3.63, 3.8) is 0 Å². The molecule has 3 aromatic rings. The van der Waals surface area contributed by atoms with Crippen LogP contribution in [0.25, 0.3) is 6.08 Å². The molecule has 2 unspecified atom stereocenters. The average molecular weight is 476 g/mol. The van der Waals surface area contributed by atoms with Gasteiger partial charge < -0.3 is 4.74 Å². The van der Waals surface area contributed by atoms with E-state index in [0.29, 0.717) is 18.7 Å². The monoisotopic (exact) mass is 475 g/mol.